The normalized spacial score (nSPS) is 19.2. The topological polar surface area (TPSA) is 55.8 Å². The third kappa shape index (κ3) is 3.96. The molecule has 1 aliphatic heterocycles. The highest BCUT2D eigenvalue weighted by atomic mass is 79.9. The van der Waals surface area contributed by atoms with Gasteiger partial charge in [-0.15, -0.1) is 0 Å². The van der Waals surface area contributed by atoms with E-state index in [0.29, 0.717) is 6.42 Å². The quantitative estimate of drug-likeness (QED) is 0.469. The molecule has 1 amide bonds. The summed E-state index contributed by atoms with van der Waals surface area (Å²) < 4.78 is 4.97. The first-order valence-corrected chi connectivity index (χ1v) is 7.32. The van der Waals surface area contributed by atoms with Crippen molar-refractivity contribution in [1.82, 2.24) is 5.06 Å². The van der Waals surface area contributed by atoms with Crippen molar-refractivity contribution in [1.29, 1.82) is 0 Å². The molecule has 1 aromatic carbocycles. The molecule has 108 valence electrons. The Balaban J connectivity index is 1.77. The molecule has 2 rings (SSSR count). The lowest BCUT2D eigenvalue weighted by atomic mass is 10.0. The Bertz CT molecular complexity index is 477. The van der Waals surface area contributed by atoms with E-state index in [1.807, 2.05) is 37.3 Å². The van der Waals surface area contributed by atoms with Gasteiger partial charge in [-0.1, -0.05) is 53.2 Å². The third-order valence-corrected chi connectivity index (χ3v) is 3.33. The summed E-state index contributed by atoms with van der Waals surface area (Å²) in [4.78, 5) is 28.1. The van der Waals surface area contributed by atoms with Crippen LogP contribution in [-0.4, -0.2) is 28.0 Å². The molecule has 1 aliphatic rings. The highest BCUT2D eigenvalue weighted by molar-refractivity contribution is 9.09. The van der Waals surface area contributed by atoms with E-state index in [1.54, 1.807) is 0 Å². The van der Waals surface area contributed by atoms with E-state index in [0.717, 1.165) is 17.0 Å². The predicted octanol–water partition coefficient (Wildman–Crippen LogP) is 3.03. The molecule has 6 heteroatoms. The number of rotatable bonds is 5. The standard InChI is InChI=1S/C14H16BrNO4/c1-10(15)7-12-8-13(17)16(12)20-14(18)19-9-11-5-3-2-4-6-11/h2-6,10,12H,7-9H2,1H3. The van der Waals surface area contributed by atoms with E-state index in [9.17, 15) is 9.59 Å². The number of benzene rings is 1. The summed E-state index contributed by atoms with van der Waals surface area (Å²) in [6.07, 6.45) is 0.286. The summed E-state index contributed by atoms with van der Waals surface area (Å²) in [5.74, 6) is -0.195. The number of halogens is 1. The van der Waals surface area contributed by atoms with Gasteiger partial charge in [0.15, 0.2) is 0 Å². The molecule has 0 bridgehead atoms. The summed E-state index contributed by atoms with van der Waals surface area (Å²) in [5.41, 5.74) is 0.866. The summed E-state index contributed by atoms with van der Waals surface area (Å²) in [6.45, 7) is 2.11. The van der Waals surface area contributed by atoms with Crippen LogP contribution in [0.15, 0.2) is 30.3 Å². The van der Waals surface area contributed by atoms with E-state index in [-0.39, 0.29) is 23.4 Å². The van der Waals surface area contributed by atoms with E-state index >= 15 is 0 Å². The maximum Gasteiger partial charge on any atom is 0.533 e. The number of ether oxygens (including phenoxy) is 1. The predicted molar refractivity (Wildman–Crippen MR) is 76.0 cm³/mol. The van der Waals surface area contributed by atoms with Crippen LogP contribution >= 0.6 is 15.9 Å². The molecular weight excluding hydrogens is 326 g/mol. The largest absolute Gasteiger partial charge is 0.533 e. The SMILES string of the molecule is CC(Br)CC1CC(=O)N1OC(=O)OCc1ccccc1. The molecule has 0 aliphatic carbocycles. The van der Waals surface area contributed by atoms with Gasteiger partial charge in [-0.3, -0.25) is 4.79 Å². The van der Waals surface area contributed by atoms with Gasteiger partial charge in [-0.05, 0) is 12.0 Å². The lowest BCUT2D eigenvalue weighted by Gasteiger charge is -2.37. The molecule has 1 fully saturated rings. The minimum Gasteiger partial charge on any atom is -0.428 e. The molecule has 0 radical (unpaired) electrons. The monoisotopic (exact) mass is 341 g/mol. The number of carbonyl (C=O) groups excluding carboxylic acids is 2. The first-order chi connectivity index (χ1) is 9.56. The molecule has 2 atom stereocenters. The van der Waals surface area contributed by atoms with Crippen molar-refractivity contribution in [3.63, 3.8) is 0 Å². The first-order valence-electron chi connectivity index (χ1n) is 6.41. The van der Waals surface area contributed by atoms with Gasteiger partial charge < -0.3 is 9.57 Å². The second kappa shape index (κ2) is 6.74. The van der Waals surface area contributed by atoms with Crippen LogP contribution < -0.4 is 0 Å². The second-order valence-corrected chi connectivity index (χ2v) is 6.27. The number of nitrogens with zero attached hydrogens (tertiary/aromatic N) is 1. The van der Waals surface area contributed by atoms with Crippen LogP contribution in [0.2, 0.25) is 0 Å². The van der Waals surface area contributed by atoms with Crippen molar-refractivity contribution in [2.75, 3.05) is 0 Å². The number of alkyl halides is 1. The Morgan fingerprint density at radius 2 is 2.15 bits per heavy atom. The molecule has 1 heterocycles. The average Bonchev–Trinajstić information content (AvgIpc) is 2.43. The fraction of sp³-hybridized carbons (Fsp3) is 0.429. The van der Waals surface area contributed by atoms with Gasteiger partial charge in [0.25, 0.3) is 5.91 Å². The van der Waals surface area contributed by atoms with Crippen LogP contribution in [0.5, 0.6) is 0 Å². The van der Waals surface area contributed by atoms with Crippen molar-refractivity contribution >= 4 is 28.0 Å². The fourth-order valence-electron chi connectivity index (χ4n) is 1.97. The van der Waals surface area contributed by atoms with Gasteiger partial charge >= 0.3 is 6.16 Å². The molecule has 0 spiro atoms. The van der Waals surface area contributed by atoms with Crippen molar-refractivity contribution < 1.29 is 19.2 Å². The molecule has 0 N–H and O–H groups in total. The molecule has 2 unspecified atom stereocenters. The van der Waals surface area contributed by atoms with Crippen LogP contribution in [0, 0.1) is 0 Å². The van der Waals surface area contributed by atoms with Gasteiger partial charge in [0, 0.05) is 4.83 Å². The highest BCUT2D eigenvalue weighted by Crippen LogP contribution is 2.26. The lowest BCUT2D eigenvalue weighted by Crippen LogP contribution is -2.53. The molecule has 5 nitrogen and oxygen atoms in total. The first kappa shape index (κ1) is 14.8. The van der Waals surface area contributed by atoms with E-state index in [4.69, 9.17) is 9.57 Å². The maximum atomic E-state index is 11.5. The Hall–Kier alpha value is -1.56. The molecular formula is C14H16BrNO4. The highest BCUT2D eigenvalue weighted by Gasteiger charge is 2.40. The number of hydrogen-bond donors (Lipinski definition) is 0. The van der Waals surface area contributed by atoms with Crippen molar-refractivity contribution in [3.8, 4) is 0 Å². The number of amides is 1. The Labute approximate surface area is 125 Å². The molecule has 1 aromatic rings. The van der Waals surface area contributed by atoms with Crippen molar-refractivity contribution in [3.05, 3.63) is 35.9 Å². The van der Waals surface area contributed by atoms with Gasteiger partial charge in [0.05, 0.1) is 12.5 Å². The number of carbonyl (C=O) groups is 2. The van der Waals surface area contributed by atoms with Crippen LogP contribution in [0.25, 0.3) is 0 Å². The summed E-state index contributed by atoms with van der Waals surface area (Å²) in [7, 11) is 0. The zero-order valence-electron chi connectivity index (χ0n) is 11.1. The Morgan fingerprint density at radius 3 is 2.75 bits per heavy atom. The molecule has 0 aromatic heterocycles. The van der Waals surface area contributed by atoms with Crippen molar-refractivity contribution in [2.45, 2.75) is 37.2 Å². The summed E-state index contributed by atoms with van der Waals surface area (Å²) in [6, 6.07) is 9.22. The minimum absolute atomic E-state index is 0.0684. The Kier molecular flexibility index (Phi) is 5.00. The minimum atomic E-state index is -0.853. The molecule has 1 saturated heterocycles. The number of hydroxylamine groups is 2. The van der Waals surface area contributed by atoms with Gasteiger partial charge in [0.2, 0.25) is 0 Å². The second-order valence-electron chi connectivity index (χ2n) is 4.71. The summed E-state index contributed by atoms with van der Waals surface area (Å²) in [5, 5.41) is 1.10. The molecule has 20 heavy (non-hydrogen) atoms. The van der Waals surface area contributed by atoms with Crippen LogP contribution in [0.4, 0.5) is 4.79 Å². The van der Waals surface area contributed by atoms with E-state index in [2.05, 4.69) is 15.9 Å². The van der Waals surface area contributed by atoms with Crippen LogP contribution in [-0.2, 0) is 21.0 Å². The van der Waals surface area contributed by atoms with Crippen molar-refractivity contribution in [2.24, 2.45) is 0 Å². The zero-order valence-corrected chi connectivity index (χ0v) is 12.7. The zero-order chi connectivity index (χ0) is 14.5. The fourth-order valence-corrected chi connectivity index (χ4v) is 2.40. The van der Waals surface area contributed by atoms with Crippen LogP contribution in [0.3, 0.4) is 0 Å². The maximum absolute atomic E-state index is 11.5. The number of β-lactam (4-membered cyclic amide) rings is 1. The third-order valence-electron chi connectivity index (χ3n) is 2.96. The summed E-state index contributed by atoms with van der Waals surface area (Å²) >= 11 is 3.41. The Morgan fingerprint density at radius 1 is 1.45 bits per heavy atom. The number of hydrogen-bond acceptors (Lipinski definition) is 4. The van der Waals surface area contributed by atoms with Gasteiger partial charge in [0.1, 0.15) is 6.61 Å². The van der Waals surface area contributed by atoms with Gasteiger partial charge in [-0.25, -0.2) is 4.79 Å². The van der Waals surface area contributed by atoms with E-state index < -0.39 is 6.16 Å². The molecule has 0 saturated carbocycles. The smallest absolute Gasteiger partial charge is 0.428 e. The van der Waals surface area contributed by atoms with E-state index in [1.165, 1.54) is 0 Å². The van der Waals surface area contributed by atoms with Crippen LogP contribution in [0.1, 0.15) is 25.3 Å². The lowest BCUT2D eigenvalue weighted by molar-refractivity contribution is -0.210. The van der Waals surface area contributed by atoms with Gasteiger partial charge in [-0.2, -0.15) is 5.06 Å². The average molecular weight is 342 g/mol.